The third kappa shape index (κ3) is 2.28. The number of fused-ring (bicyclic) bond motifs is 4. The van der Waals surface area contributed by atoms with E-state index >= 15 is 0 Å². The van der Waals surface area contributed by atoms with Gasteiger partial charge >= 0.3 is 0 Å². The summed E-state index contributed by atoms with van der Waals surface area (Å²) in [6, 6.07) is 17.5. The van der Waals surface area contributed by atoms with Gasteiger partial charge in [0.2, 0.25) is 4.96 Å². The van der Waals surface area contributed by atoms with Crippen molar-refractivity contribution in [3.63, 3.8) is 0 Å². The molecule has 2 aliphatic heterocycles. The SMILES string of the molecule is O=c1c(Cc2ccccc2)nnc2sc3nc4ccccc4c-3nn12. The topological polar surface area (TPSA) is 73.0 Å². The van der Waals surface area contributed by atoms with Crippen LogP contribution in [-0.2, 0) is 6.42 Å². The zero-order chi connectivity index (χ0) is 16.8. The quantitative estimate of drug-likeness (QED) is 0.492. The molecule has 0 bridgehead atoms. The normalized spacial score (nSPS) is 11.5. The predicted octanol–water partition coefficient (Wildman–Crippen LogP) is 2.79. The summed E-state index contributed by atoms with van der Waals surface area (Å²) in [5.41, 5.74) is 2.74. The first-order valence-corrected chi connectivity index (χ1v) is 8.59. The van der Waals surface area contributed by atoms with E-state index in [2.05, 4.69) is 20.3 Å². The minimum absolute atomic E-state index is 0.239. The van der Waals surface area contributed by atoms with Crippen LogP contribution in [0.1, 0.15) is 11.3 Å². The maximum atomic E-state index is 12.8. The van der Waals surface area contributed by atoms with Gasteiger partial charge < -0.3 is 0 Å². The van der Waals surface area contributed by atoms with Crippen molar-refractivity contribution in [1.82, 2.24) is 24.8 Å². The van der Waals surface area contributed by atoms with Gasteiger partial charge in [-0.05, 0) is 11.6 Å². The molecule has 120 valence electrons. The Kier molecular flexibility index (Phi) is 3.07. The van der Waals surface area contributed by atoms with Crippen LogP contribution in [0.15, 0.2) is 59.4 Å². The van der Waals surface area contributed by atoms with Crippen molar-refractivity contribution < 1.29 is 0 Å². The second kappa shape index (κ2) is 5.42. The van der Waals surface area contributed by atoms with Crippen LogP contribution in [0.2, 0.25) is 0 Å². The van der Waals surface area contributed by atoms with Gasteiger partial charge in [0, 0.05) is 11.8 Å². The van der Waals surface area contributed by atoms with Gasteiger partial charge in [-0.15, -0.1) is 10.2 Å². The molecule has 6 nitrogen and oxygen atoms in total. The summed E-state index contributed by atoms with van der Waals surface area (Å²) in [6.45, 7) is 0. The summed E-state index contributed by atoms with van der Waals surface area (Å²) in [4.78, 5) is 17.8. The Morgan fingerprint density at radius 2 is 1.76 bits per heavy atom. The average molecular weight is 345 g/mol. The van der Waals surface area contributed by atoms with E-state index in [0.717, 1.165) is 21.5 Å². The highest BCUT2D eigenvalue weighted by Crippen LogP contribution is 2.32. The maximum absolute atomic E-state index is 12.8. The molecule has 25 heavy (non-hydrogen) atoms. The molecule has 3 heterocycles. The van der Waals surface area contributed by atoms with Gasteiger partial charge in [0.05, 0.1) is 5.52 Å². The number of nitrogens with zero attached hydrogens (tertiary/aromatic N) is 5. The molecule has 0 radical (unpaired) electrons. The molecule has 7 heteroatoms. The molecule has 0 N–H and O–H groups in total. The molecule has 0 aliphatic carbocycles. The largest absolute Gasteiger partial charge is 0.297 e. The van der Waals surface area contributed by atoms with E-state index < -0.39 is 0 Å². The van der Waals surface area contributed by atoms with Crippen molar-refractivity contribution in [1.29, 1.82) is 0 Å². The van der Waals surface area contributed by atoms with Gasteiger partial charge in [0.1, 0.15) is 16.4 Å². The first-order valence-electron chi connectivity index (χ1n) is 7.77. The molecule has 0 spiro atoms. The summed E-state index contributed by atoms with van der Waals surface area (Å²) >= 11 is 1.32. The monoisotopic (exact) mass is 345 g/mol. The van der Waals surface area contributed by atoms with E-state index in [1.54, 1.807) is 0 Å². The average Bonchev–Trinajstić information content (AvgIpc) is 3.01. The highest BCUT2D eigenvalue weighted by atomic mass is 32.1. The summed E-state index contributed by atoms with van der Waals surface area (Å²) in [5.74, 6) is 0. The lowest BCUT2D eigenvalue weighted by Crippen LogP contribution is -2.24. The third-order valence-electron chi connectivity index (χ3n) is 4.06. The van der Waals surface area contributed by atoms with E-state index in [-0.39, 0.29) is 5.56 Å². The van der Waals surface area contributed by atoms with Crippen LogP contribution >= 0.6 is 11.3 Å². The predicted molar refractivity (Wildman–Crippen MR) is 96.1 cm³/mol. The van der Waals surface area contributed by atoms with Gasteiger partial charge in [-0.1, -0.05) is 59.9 Å². The molecule has 1 aromatic heterocycles. The number of para-hydroxylation sites is 1. The zero-order valence-electron chi connectivity index (χ0n) is 13.0. The van der Waals surface area contributed by atoms with Crippen molar-refractivity contribution in [3.05, 3.63) is 76.2 Å². The Hall–Kier alpha value is -3.19. The fourth-order valence-corrected chi connectivity index (χ4v) is 3.71. The maximum Gasteiger partial charge on any atom is 0.297 e. The summed E-state index contributed by atoms with van der Waals surface area (Å²) in [5, 5.41) is 14.5. The molecule has 0 unspecified atom stereocenters. The van der Waals surface area contributed by atoms with E-state index in [0.29, 0.717) is 22.8 Å². The van der Waals surface area contributed by atoms with Crippen molar-refractivity contribution in [2.45, 2.75) is 6.42 Å². The van der Waals surface area contributed by atoms with Crippen molar-refractivity contribution in [2.75, 3.05) is 0 Å². The van der Waals surface area contributed by atoms with Crippen LogP contribution in [0.5, 0.6) is 0 Å². The fourth-order valence-electron chi connectivity index (χ4n) is 2.85. The molecule has 2 aliphatic rings. The van der Waals surface area contributed by atoms with E-state index in [9.17, 15) is 4.79 Å². The molecule has 0 saturated carbocycles. The minimum atomic E-state index is -0.239. The Labute approximate surface area is 145 Å². The fraction of sp³-hybridized carbons (Fsp3) is 0.0556. The number of benzene rings is 2. The Bertz CT molecular complexity index is 1240. The van der Waals surface area contributed by atoms with Gasteiger partial charge in [-0.2, -0.15) is 9.61 Å². The van der Waals surface area contributed by atoms with E-state index in [1.807, 2.05) is 54.6 Å². The van der Waals surface area contributed by atoms with Crippen LogP contribution in [0.3, 0.4) is 0 Å². The molecule has 2 aromatic carbocycles. The Balaban J connectivity index is 1.74. The van der Waals surface area contributed by atoms with Crippen LogP contribution in [0.4, 0.5) is 0 Å². The highest BCUT2D eigenvalue weighted by Gasteiger charge is 2.18. The van der Waals surface area contributed by atoms with E-state index in [1.165, 1.54) is 15.9 Å². The lowest BCUT2D eigenvalue weighted by atomic mass is 10.1. The molecule has 5 rings (SSSR count). The van der Waals surface area contributed by atoms with Gasteiger partial charge in [-0.3, -0.25) is 4.79 Å². The van der Waals surface area contributed by atoms with Crippen LogP contribution in [-0.4, -0.2) is 24.8 Å². The molecule has 0 fully saturated rings. The molecular weight excluding hydrogens is 334 g/mol. The molecule has 0 atom stereocenters. The number of rotatable bonds is 2. The zero-order valence-corrected chi connectivity index (χ0v) is 13.8. The minimum Gasteiger partial charge on any atom is -0.265 e. The summed E-state index contributed by atoms with van der Waals surface area (Å²) in [6.07, 6.45) is 0.431. The lowest BCUT2D eigenvalue weighted by Gasteiger charge is -2.04. The first kappa shape index (κ1) is 14.2. The second-order valence-electron chi connectivity index (χ2n) is 5.69. The Morgan fingerprint density at radius 1 is 0.960 bits per heavy atom. The van der Waals surface area contributed by atoms with Crippen molar-refractivity contribution in [2.24, 2.45) is 0 Å². The van der Waals surface area contributed by atoms with Gasteiger partial charge in [0.25, 0.3) is 5.56 Å². The highest BCUT2D eigenvalue weighted by molar-refractivity contribution is 7.19. The standard InChI is InChI=1S/C18H11N5OS/c24-17-14(10-11-6-2-1-3-7-11)20-21-18-23(17)22-15-12-8-4-5-9-13(12)19-16(15)25-18/h1-9H,10H2. The van der Waals surface area contributed by atoms with E-state index in [4.69, 9.17) is 0 Å². The third-order valence-corrected chi connectivity index (χ3v) is 4.98. The van der Waals surface area contributed by atoms with Crippen molar-refractivity contribution in [3.8, 4) is 10.7 Å². The van der Waals surface area contributed by atoms with Crippen LogP contribution in [0.25, 0.3) is 26.6 Å². The Morgan fingerprint density at radius 3 is 2.64 bits per heavy atom. The summed E-state index contributed by atoms with van der Waals surface area (Å²) < 4.78 is 1.34. The van der Waals surface area contributed by atoms with Crippen LogP contribution < -0.4 is 5.56 Å². The molecular formula is C18H11N5OS. The number of hydrogen-bond donors (Lipinski definition) is 0. The van der Waals surface area contributed by atoms with Gasteiger partial charge in [-0.25, -0.2) is 4.98 Å². The van der Waals surface area contributed by atoms with Crippen molar-refractivity contribution >= 4 is 27.2 Å². The van der Waals surface area contributed by atoms with Crippen LogP contribution in [0, 0.1) is 0 Å². The molecule has 0 amide bonds. The second-order valence-corrected chi connectivity index (χ2v) is 6.65. The number of hydrogen-bond acceptors (Lipinski definition) is 6. The molecule has 0 saturated heterocycles. The summed E-state index contributed by atoms with van der Waals surface area (Å²) in [7, 11) is 0. The van der Waals surface area contributed by atoms with Gasteiger partial charge in [0.15, 0.2) is 0 Å². The lowest BCUT2D eigenvalue weighted by molar-refractivity contribution is 0.801. The smallest absolute Gasteiger partial charge is 0.265 e. The number of aromatic nitrogens is 5. The first-order chi connectivity index (χ1) is 12.3. The molecule has 3 aromatic rings.